The number of carbonyl (C=O) groups excluding carboxylic acids is 2. The van der Waals surface area contributed by atoms with Crippen LogP contribution in [0.5, 0.6) is 5.75 Å². The van der Waals surface area contributed by atoms with Crippen LogP contribution in [0.25, 0.3) is 0 Å². The first-order chi connectivity index (χ1) is 8.69. The number of benzene rings is 1. The molecule has 18 heavy (non-hydrogen) atoms. The van der Waals surface area contributed by atoms with Crippen LogP contribution in [0.4, 0.5) is 5.69 Å². The summed E-state index contributed by atoms with van der Waals surface area (Å²) >= 11 is 0. The van der Waals surface area contributed by atoms with E-state index in [2.05, 4.69) is 5.32 Å². The Bertz CT molecular complexity index is 472. The van der Waals surface area contributed by atoms with Crippen molar-refractivity contribution in [3.05, 3.63) is 23.8 Å². The predicted molar refractivity (Wildman–Crippen MR) is 65.3 cm³/mol. The van der Waals surface area contributed by atoms with Gasteiger partial charge >= 0.3 is 5.97 Å². The zero-order valence-corrected chi connectivity index (χ0v) is 10.1. The number of ether oxygens (including phenoxy) is 1. The standard InChI is InChI=1S/C13H15NO4/c1-2-18-13(17)10-6-9(10)8-4-3-5-11(12(8)16)14-7-15/h3-5,7,9-10,16H,2,6H2,1H3,(H,14,15). The van der Waals surface area contributed by atoms with Gasteiger partial charge in [-0.25, -0.2) is 0 Å². The highest BCUT2D eigenvalue weighted by Crippen LogP contribution is 2.52. The molecule has 1 aliphatic rings. The van der Waals surface area contributed by atoms with Crippen LogP contribution in [0, 0.1) is 5.92 Å². The van der Waals surface area contributed by atoms with Gasteiger partial charge in [0, 0.05) is 11.5 Å². The molecule has 1 aliphatic carbocycles. The Labute approximate surface area is 105 Å². The van der Waals surface area contributed by atoms with Gasteiger partial charge in [0.25, 0.3) is 0 Å². The zero-order chi connectivity index (χ0) is 13.1. The van der Waals surface area contributed by atoms with Gasteiger partial charge in [-0.1, -0.05) is 12.1 Å². The molecule has 5 nitrogen and oxygen atoms in total. The second-order valence-corrected chi connectivity index (χ2v) is 4.21. The topological polar surface area (TPSA) is 75.6 Å². The van der Waals surface area contributed by atoms with Gasteiger partial charge < -0.3 is 15.2 Å². The van der Waals surface area contributed by atoms with E-state index >= 15 is 0 Å². The third-order valence-electron chi connectivity index (χ3n) is 3.06. The molecule has 1 saturated carbocycles. The molecule has 2 N–H and O–H groups in total. The highest BCUT2D eigenvalue weighted by Gasteiger charge is 2.46. The van der Waals surface area contributed by atoms with Gasteiger partial charge in [0.15, 0.2) is 0 Å². The molecule has 1 aromatic rings. The number of nitrogens with one attached hydrogen (secondary N) is 1. The highest BCUT2D eigenvalue weighted by atomic mass is 16.5. The summed E-state index contributed by atoms with van der Waals surface area (Å²) in [6.07, 6.45) is 1.19. The Morgan fingerprint density at radius 1 is 1.61 bits per heavy atom. The van der Waals surface area contributed by atoms with Crippen LogP contribution < -0.4 is 5.32 Å². The van der Waals surface area contributed by atoms with Gasteiger partial charge in [-0.2, -0.15) is 0 Å². The lowest BCUT2D eigenvalue weighted by Gasteiger charge is -2.08. The maximum Gasteiger partial charge on any atom is 0.309 e. The van der Waals surface area contributed by atoms with E-state index in [0.29, 0.717) is 30.7 Å². The molecule has 1 fully saturated rings. The van der Waals surface area contributed by atoms with Crippen molar-refractivity contribution < 1.29 is 19.4 Å². The molecular weight excluding hydrogens is 234 g/mol. The van der Waals surface area contributed by atoms with E-state index in [-0.39, 0.29) is 23.6 Å². The minimum Gasteiger partial charge on any atom is -0.505 e. The van der Waals surface area contributed by atoms with Crippen LogP contribution in [0.2, 0.25) is 0 Å². The van der Waals surface area contributed by atoms with Crippen LogP contribution in [0.1, 0.15) is 24.8 Å². The number of aromatic hydroxyl groups is 1. The molecule has 0 aromatic heterocycles. The Morgan fingerprint density at radius 3 is 3.06 bits per heavy atom. The van der Waals surface area contributed by atoms with Gasteiger partial charge in [0.1, 0.15) is 5.75 Å². The molecule has 0 saturated heterocycles. The smallest absolute Gasteiger partial charge is 0.309 e. The second-order valence-electron chi connectivity index (χ2n) is 4.21. The lowest BCUT2D eigenvalue weighted by atomic mass is 10.1. The minimum absolute atomic E-state index is 0.0162. The van der Waals surface area contributed by atoms with E-state index in [4.69, 9.17) is 4.74 Å². The molecule has 0 radical (unpaired) electrons. The summed E-state index contributed by atoms with van der Waals surface area (Å²) in [7, 11) is 0. The molecule has 96 valence electrons. The molecule has 2 rings (SSSR count). The van der Waals surface area contributed by atoms with Gasteiger partial charge in [0.05, 0.1) is 18.2 Å². The average Bonchev–Trinajstić information content (AvgIpc) is 3.12. The van der Waals surface area contributed by atoms with E-state index in [1.807, 2.05) is 0 Å². The molecule has 0 spiro atoms. The fourth-order valence-electron chi connectivity index (χ4n) is 2.09. The molecule has 1 amide bonds. The van der Waals surface area contributed by atoms with E-state index < -0.39 is 0 Å². The van der Waals surface area contributed by atoms with Gasteiger partial charge in [0.2, 0.25) is 6.41 Å². The maximum atomic E-state index is 11.5. The van der Waals surface area contributed by atoms with Crippen LogP contribution in [-0.2, 0) is 14.3 Å². The van der Waals surface area contributed by atoms with Gasteiger partial charge in [-0.05, 0) is 19.4 Å². The lowest BCUT2D eigenvalue weighted by molar-refractivity contribution is -0.144. The molecule has 2 unspecified atom stereocenters. The second kappa shape index (κ2) is 5.08. The van der Waals surface area contributed by atoms with Crippen LogP contribution >= 0.6 is 0 Å². The van der Waals surface area contributed by atoms with E-state index in [9.17, 15) is 14.7 Å². The molecule has 2 atom stereocenters. The van der Waals surface area contributed by atoms with Crippen molar-refractivity contribution in [2.45, 2.75) is 19.3 Å². The number of hydrogen-bond acceptors (Lipinski definition) is 4. The molecular formula is C13H15NO4. The summed E-state index contributed by atoms with van der Waals surface area (Å²) in [4.78, 5) is 21.9. The number of para-hydroxylation sites is 1. The average molecular weight is 249 g/mol. The van der Waals surface area contributed by atoms with Crippen molar-refractivity contribution >= 4 is 18.1 Å². The van der Waals surface area contributed by atoms with E-state index in [0.717, 1.165) is 0 Å². The SMILES string of the molecule is CCOC(=O)C1CC1c1cccc(NC=O)c1O. The van der Waals surface area contributed by atoms with Crippen LogP contribution in [0.3, 0.4) is 0 Å². The molecule has 0 aliphatic heterocycles. The Morgan fingerprint density at radius 2 is 2.39 bits per heavy atom. The first kappa shape index (κ1) is 12.4. The predicted octanol–water partition coefficient (Wildman–Crippen LogP) is 1.63. The number of phenols is 1. The van der Waals surface area contributed by atoms with Crippen molar-refractivity contribution in [1.82, 2.24) is 0 Å². The van der Waals surface area contributed by atoms with Crippen molar-refractivity contribution in [3.8, 4) is 5.75 Å². The fourth-order valence-corrected chi connectivity index (χ4v) is 2.09. The van der Waals surface area contributed by atoms with Gasteiger partial charge in [-0.3, -0.25) is 9.59 Å². The monoisotopic (exact) mass is 249 g/mol. The summed E-state index contributed by atoms with van der Waals surface area (Å²) in [5.74, 6) is -0.392. The van der Waals surface area contributed by atoms with Crippen molar-refractivity contribution in [3.63, 3.8) is 0 Å². The number of rotatable bonds is 5. The first-order valence-electron chi connectivity index (χ1n) is 5.87. The Hall–Kier alpha value is -2.04. The number of phenolic OH excluding ortho intramolecular Hbond substituents is 1. The number of anilines is 1. The van der Waals surface area contributed by atoms with E-state index in [1.54, 1.807) is 25.1 Å². The maximum absolute atomic E-state index is 11.5. The van der Waals surface area contributed by atoms with Crippen molar-refractivity contribution in [2.75, 3.05) is 11.9 Å². The summed E-state index contributed by atoms with van der Waals surface area (Å²) in [5.41, 5.74) is 1.04. The molecule has 1 aromatic carbocycles. The molecule has 0 bridgehead atoms. The van der Waals surface area contributed by atoms with Crippen LogP contribution in [0.15, 0.2) is 18.2 Å². The zero-order valence-electron chi connectivity index (χ0n) is 10.1. The summed E-state index contributed by atoms with van der Waals surface area (Å²) < 4.78 is 4.94. The number of carbonyl (C=O) groups is 2. The summed E-state index contributed by atoms with van der Waals surface area (Å²) in [6, 6.07) is 5.10. The van der Waals surface area contributed by atoms with Gasteiger partial charge in [-0.15, -0.1) is 0 Å². The summed E-state index contributed by atoms with van der Waals surface area (Å²) in [6.45, 7) is 2.13. The lowest BCUT2D eigenvalue weighted by Crippen LogP contribution is -2.07. The number of esters is 1. The van der Waals surface area contributed by atoms with Crippen LogP contribution in [-0.4, -0.2) is 24.1 Å². The van der Waals surface area contributed by atoms with Crippen molar-refractivity contribution in [2.24, 2.45) is 5.92 Å². The number of amides is 1. The Kier molecular flexibility index (Phi) is 3.50. The number of hydrogen-bond donors (Lipinski definition) is 2. The Balaban J connectivity index is 2.14. The third kappa shape index (κ3) is 2.30. The quantitative estimate of drug-likeness (QED) is 0.472. The highest BCUT2D eigenvalue weighted by molar-refractivity contribution is 5.80. The fraction of sp³-hybridized carbons (Fsp3) is 0.385. The third-order valence-corrected chi connectivity index (χ3v) is 3.06. The van der Waals surface area contributed by atoms with Crippen molar-refractivity contribution in [1.29, 1.82) is 0 Å². The van der Waals surface area contributed by atoms with E-state index in [1.165, 1.54) is 0 Å². The molecule has 0 heterocycles. The summed E-state index contributed by atoms with van der Waals surface area (Å²) in [5, 5.41) is 12.4. The normalized spacial score (nSPS) is 21.2. The first-order valence-corrected chi connectivity index (χ1v) is 5.87. The molecule has 5 heteroatoms. The minimum atomic E-state index is -0.226. The largest absolute Gasteiger partial charge is 0.505 e.